The molecule has 2 aromatic heterocycles. The average Bonchev–Trinajstić information content (AvgIpc) is 3.27. The number of nitrogens with one attached hydrogen (secondary N) is 1. The Morgan fingerprint density at radius 1 is 1.00 bits per heavy atom. The van der Waals surface area contributed by atoms with Crippen molar-refractivity contribution in [1.29, 1.82) is 0 Å². The molecular weight excluding hydrogens is 458 g/mol. The minimum Gasteiger partial charge on any atom is -0.460 e. The van der Waals surface area contributed by atoms with Gasteiger partial charge in [0.05, 0.1) is 12.7 Å². The van der Waals surface area contributed by atoms with Gasteiger partial charge in [-0.05, 0) is 93.0 Å². The van der Waals surface area contributed by atoms with Crippen LogP contribution in [-0.4, -0.2) is 34.0 Å². The molecule has 5 heteroatoms. The van der Waals surface area contributed by atoms with Gasteiger partial charge in [0.2, 0.25) is 0 Å². The standard InChI is InChI=1S/C32H35N3O2/c1-24-28(25-12-6-5-7-13-25)15-10-16-29(24)26-18-21-35-27(23-34-30(35)22-26)14-11-20-33-19-9-8-17-31(36)37-32(2,3)4/h5-7,10,12-13,15-16,18,21-23,33H,8-9,17,19-20H2,1-4H3. The Balaban J connectivity index is 1.34. The molecule has 0 aliphatic carbocycles. The third-order valence-corrected chi connectivity index (χ3v) is 6.08. The van der Waals surface area contributed by atoms with Crippen LogP contribution in [0.1, 0.15) is 51.3 Å². The molecule has 2 aromatic carbocycles. The number of nitrogens with zero attached hydrogens (tertiary/aromatic N) is 2. The van der Waals surface area contributed by atoms with Crippen molar-refractivity contribution in [3.05, 3.63) is 84.3 Å². The highest BCUT2D eigenvalue weighted by Crippen LogP contribution is 2.32. The molecule has 0 unspecified atom stereocenters. The van der Waals surface area contributed by atoms with Crippen molar-refractivity contribution in [1.82, 2.24) is 14.7 Å². The summed E-state index contributed by atoms with van der Waals surface area (Å²) in [5.74, 6) is 6.26. The van der Waals surface area contributed by atoms with Crippen LogP contribution >= 0.6 is 0 Å². The predicted molar refractivity (Wildman–Crippen MR) is 150 cm³/mol. The number of imidazole rings is 1. The fraction of sp³-hybridized carbons (Fsp3) is 0.312. The second-order valence-electron chi connectivity index (χ2n) is 10.2. The first kappa shape index (κ1) is 26.2. The molecule has 0 amide bonds. The lowest BCUT2D eigenvalue weighted by Gasteiger charge is -2.19. The molecule has 0 atom stereocenters. The summed E-state index contributed by atoms with van der Waals surface area (Å²) >= 11 is 0. The van der Waals surface area contributed by atoms with Crippen LogP contribution in [0, 0.1) is 18.8 Å². The number of hydrogen-bond acceptors (Lipinski definition) is 4. The second kappa shape index (κ2) is 11.9. The van der Waals surface area contributed by atoms with Gasteiger partial charge in [-0.25, -0.2) is 4.98 Å². The van der Waals surface area contributed by atoms with E-state index >= 15 is 0 Å². The van der Waals surface area contributed by atoms with Gasteiger partial charge >= 0.3 is 5.97 Å². The van der Waals surface area contributed by atoms with Crippen molar-refractivity contribution in [3.63, 3.8) is 0 Å². The van der Waals surface area contributed by atoms with E-state index in [9.17, 15) is 4.79 Å². The van der Waals surface area contributed by atoms with Gasteiger partial charge in [-0.3, -0.25) is 9.20 Å². The topological polar surface area (TPSA) is 55.6 Å². The van der Waals surface area contributed by atoms with Crippen LogP contribution < -0.4 is 5.32 Å². The molecule has 0 aliphatic heterocycles. The normalized spacial score (nSPS) is 11.2. The maximum atomic E-state index is 11.8. The summed E-state index contributed by atoms with van der Waals surface area (Å²) in [7, 11) is 0. The summed E-state index contributed by atoms with van der Waals surface area (Å²) in [4.78, 5) is 16.3. The molecule has 0 spiro atoms. The lowest BCUT2D eigenvalue weighted by atomic mass is 9.93. The number of ether oxygens (including phenoxy) is 1. The Bertz CT molecular complexity index is 1420. The molecule has 0 fully saturated rings. The summed E-state index contributed by atoms with van der Waals surface area (Å²) in [5, 5.41) is 3.32. The highest BCUT2D eigenvalue weighted by molar-refractivity contribution is 5.79. The van der Waals surface area contributed by atoms with Crippen LogP contribution in [0.4, 0.5) is 0 Å². The van der Waals surface area contributed by atoms with E-state index in [1.54, 1.807) is 0 Å². The van der Waals surface area contributed by atoms with Gasteiger partial charge < -0.3 is 10.1 Å². The lowest BCUT2D eigenvalue weighted by Crippen LogP contribution is -2.24. The van der Waals surface area contributed by atoms with Crippen molar-refractivity contribution in [2.45, 2.75) is 52.6 Å². The monoisotopic (exact) mass is 493 g/mol. The molecule has 0 radical (unpaired) electrons. The second-order valence-corrected chi connectivity index (χ2v) is 10.2. The summed E-state index contributed by atoms with van der Waals surface area (Å²) < 4.78 is 7.35. The fourth-order valence-electron chi connectivity index (χ4n) is 4.32. The number of pyridine rings is 1. The van der Waals surface area contributed by atoms with Gasteiger partial charge in [0, 0.05) is 12.6 Å². The Morgan fingerprint density at radius 2 is 1.76 bits per heavy atom. The highest BCUT2D eigenvalue weighted by Gasteiger charge is 2.15. The van der Waals surface area contributed by atoms with E-state index < -0.39 is 5.60 Å². The van der Waals surface area contributed by atoms with E-state index in [1.165, 1.54) is 22.3 Å². The number of aromatic nitrogens is 2. The molecule has 4 rings (SSSR count). The Labute approximate surface area is 219 Å². The molecule has 0 aliphatic rings. The minimum absolute atomic E-state index is 0.137. The van der Waals surface area contributed by atoms with Crippen LogP contribution in [-0.2, 0) is 9.53 Å². The van der Waals surface area contributed by atoms with E-state index in [0.717, 1.165) is 36.3 Å². The molecule has 1 N–H and O–H groups in total. The summed E-state index contributed by atoms with van der Waals surface area (Å²) in [6, 6.07) is 21.2. The zero-order valence-electron chi connectivity index (χ0n) is 22.2. The van der Waals surface area contributed by atoms with E-state index in [1.807, 2.05) is 43.6 Å². The smallest absolute Gasteiger partial charge is 0.306 e. The Morgan fingerprint density at radius 3 is 2.51 bits per heavy atom. The van der Waals surface area contributed by atoms with E-state index in [-0.39, 0.29) is 5.97 Å². The van der Waals surface area contributed by atoms with Crippen molar-refractivity contribution >= 4 is 11.6 Å². The summed E-state index contributed by atoms with van der Waals surface area (Å²) in [6.07, 6.45) is 6.02. The average molecular weight is 494 g/mol. The molecule has 4 aromatic rings. The zero-order valence-corrected chi connectivity index (χ0v) is 22.2. The van der Waals surface area contributed by atoms with Crippen molar-refractivity contribution in [2.75, 3.05) is 13.1 Å². The van der Waals surface area contributed by atoms with Crippen LogP contribution in [0.5, 0.6) is 0 Å². The predicted octanol–water partition coefficient (Wildman–Crippen LogP) is 6.43. The summed E-state index contributed by atoms with van der Waals surface area (Å²) in [6.45, 7) is 9.24. The molecule has 37 heavy (non-hydrogen) atoms. The number of carbonyl (C=O) groups is 1. The Hall–Kier alpha value is -3.88. The molecule has 5 nitrogen and oxygen atoms in total. The van der Waals surface area contributed by atoms with Crippen molar-refractivity contribution in [3.8, 4) is 34.1 Å². The van der Waals surface area contributed by atoms with Gasteiger partial charge in [-0.15, -0.1) is 0 Å². The minimum atomic E-state index is -0.420. The molecular formula is C32H35N3O2. The van der Waals surface area contributed by atoms with E-state index in [4.69, 9.17) is 4.74 Å². The van der Waals surface area contributed by atoms with Crippen LogP contribution in [0.2, 0.25) is 0 Å². The number of benzene rings is 2. The third kappa shape index (κ3) is 7.09. The summed E-state index contributed by atoms with van der Waals surface area (Å²) in [5.41, 5.74) is 7.38. The van der Waals surface area contributed by atoms with Gasteiger partial charge in [0.25, 0.3) is 0 Å². The number of fused-ring (bicyclic) bond motifs is 1. The lowest BCUT2D eigenvalue weighted by molar-refractivity contribution is -0.154. The Kier molecular flexibility index (Phi) is 8.43. The SMILES string of the molecule is Cc1c(-c2ccccc2)cccc1-c1ccn2c(C#CCNCCCCC(=O)OC(C)(C)C)cnc2c1. The van der Waals surface area contributed by atoms with Gasteiger partial charge in [0.15, 0.2) is 0 Å². The first-order valence-electron chi connectivity index (χ1n) is 12.9. The zero-order chi connectivity index (χ0) is 26.3. The van der Waals surface area contributed by atoms with Crippen LogP contribution in [0.3, 0.4) is 0 Å². The van der Waals surface area contributed by atoms with E-state index in [2.05, 4.69) is 83.7 Å². The third-order valence-electron chi connectivity index (χ3n) is 6.08. The van der Waals surface area contributed by atoms with E-state index in [0.29, 0.717) is 13.0 Å². The molecule has 0 saturated carbocycles. The number of rotatable bonds is 8. The molecule has 2 heterocycles. The quantitative estimate of drug-likeness (QED) is 0.175. The maximum Gasteiger partial charge on any atom is 0.306 e. The van der Waals surface area contributed by atoms with Crippen LogP contribution in [0.25, 0.3) is 27.9 Å². The van der Waals surface area contributed by atoms with Gasteiger partial charge in [-0.1, -0.05) is 54.5 Å². The van der Waals surface area contributed by atoms with Crippen molar-refractivity contribution in [2.24, 2.45) is 0 Å². The molecule has 0 saturated heterocycles. The van der Waals surface area contributed by atoms with Crippen molar-refractivity contribution < 1.29 is 9.53 Å². The number of unbranched alkanes of at least 4 members (excludes halogenated alkanes) is 1. The first-order valence-corrected chi connectivity index (χ1v) is 12.9. The van der Waals surface area contributed by atoms with Gasteiger partial charge in [0.1, 0.15) is 16.9 Å². The first-order chi connectivity index (χ1) is 17.8. The number of carbonyl (C=O) groups excluding carboxylic acids is 1. The highest BCUT2D eigenvalue weighted by atomic mass is 16.6. The number of esters is 1. The van der Waals surface area contributed by atoms with Crippen LogP contribution in [0.15, 0.2) is 73.1 Å². The number of hydrogen-bond donors (Lipinski definition) is 1. The fourth-order valence-corrected chi connectivity index (χ4v) is 4.32. The van der Waals surface area contributed by atoms with Gasteiger partial charge in [-0.2, -0.15) is 0 Å². The molecule has 190 valence electrons. The molecule has 0 bridgehead atoms. The maximum absolute atomic E-state index is 11.8. The largest absolute Gasteiger partial charge is 0.460 e.